The Morgan fingerprint density at radius 3 is 2.32 bits per heavy atom. The molecule has 0 amide bonds. The zero-order chi connectivity index (χ0) is 28.8. The molecular weight excluding hydrogens is 492 g/mol. The normalized spacial score (nSPS) is 20.8. The highest BCUT2D eigenvalue weighted by Gasteiger charge is 2.45. The SMILES string of the molecule is C=C\C=C/C=C(CC)/C1=C/CC2(C(/C=C\C=C)=C(C)c3ccccc32)c2cc(-c3ccccc3)ccc2C(=C)/C=C\1. The summed E-state index contributed by atoms with van der Waals surface area (Å²) in [6.07, 6.45) is 22.9. The number of rotatable bonds is 7. The Hall–Kier alpha value is -4.68. The molecule has 0 radical (unpaired) electrons. The number of fused-ring (bicyclic) bond motifs is 4. The predicted molar refractivity (Wildman–Crippen MR) is 180 cm³/mol. The summed E-state index contributed by atoms with van der Waals surface area (Å²) in [5, 5.41) is 0. The molecule has 2 aliphatic rings. The van der Waals surface area contributed by atoms with Crippen LogP contribution in [0.25, 0.3) is 22.3 Å². The Bertz CT molecular complexity index is 1680. The van der Waals surface area contributed by atoms with E-state index in [1.165, 1.54) is 55.7 Å². The van der Waals surface area contributed by atoms with Crippen LogP contribution in [-0.2, 0) is 5.41 Å². The molecule has 3 aromatic rings. The maximum Gasteiger partial charge on any atom is 0.0501 e. The minimum absolute atomic E-state index is 0.393. The molecule has 1 unspecified atom stereocenters. The third-order valence-corrected chi connectivity index (χ3v) is 8.37. The van der Waals surface area contributed by atoms with Crippen LogP contribution >= 0.6 is 0 Å². The molecule has 0 heterocycles. The van der Waals surface area contributed by atoms with Crippen molar-refractivity contribution in [3.8, 4) is 11.1 Å². The molecule has 1 spiro atoms. The van der Waals surface area contributed by atoms with E-state index >= 15 is 0 Å². The highest BCUT2D eigenvalue weighted by Crippen LogP contribution is 2.55. The van der Waals surface area contributed by atoms with E-state index in [-0.39, 0.29) is 0 Å². The average Bonchev–Trinajstić information content (AvgIpc) is 3.28. The molecule has 0 saturated carbocycles. The fourth-order valence-corrected chi connectivity index (χ4v) is 6.35. The minimum Gasteiger partial charge on any atom is -0.0991 e. The first kappa shape index (κ1) is 27.9. The van der Waals surface area contributed by atoms with Crippen molar-refractivity contribution >= 4 is 11.1 Å². The lowest BCUT2D eigenvalue weighted by molar-refractivity contribution is 0.636. The zero-order valence-electron chi connectivity index (χ0n) is 24.2. The summed E-state index contributed by atoms with van der Waals surface area (Å²) in [4.78, 5) is 0. The summed E-state index contributed by atoms with van der Waals surface area (Å²) < 4.78 is 0. The summed E-state index contributed by atoms with van der Waals surface area (Å²) >= 11 is 0. The van der Waals surface area contributed by atoms with Gasteiger partial charge in [-0.15, -0.1) is 0 Å². The molecule has 0 aliphatic heterocycles. The Morgan fingerprint density at radius 2 is 1.56 bits per heavy atom. The molecule has 2 aliphatic carbocycles. The smallest absolute Gasteiger partial charge is 0.0501 e. The van der Waals surface area contributed by atoms with Crippen molar-refractivity contribution in [1.82, 2.24) is 0 Å². The average molecular weight is 531 g/mol. The highest BCUT2D eigenvalue weighted by atomic mass is 14.5. The van der Waals surface area contributed by atoms with Gasteiger partial charge in [0, 0.05) is 0 Å². The molecule has 0 nitrogen and oxygen atoms in total. The van der Waals surface area contributed by atoms with Crippen LogP contribution in [0.2, 0.25) is 0 Å². The number of allylic oxidation sites excluding steroid dienone is 15. The van der Waals surface area contributed by atoms with Crippen LogP contribution in [0, 0.1) is 0 Å². The lowest BCUT2D eigenvalue weighted by atomic mass is 9.66. The predicted octanol–water partition coefficient (Wildman–Crippen LogP) is 11.1. The van der Waals surface area contributed by atoms with E-state index < -0.39 is 5.41 Å². The van der Waals surface area contributed by atoms with Gasteiger partial charge in [0.25, 0.3) is 0 Å². The lowest BCUT2D eigenvalue weighted by Crippen LogP contribution is -2.28. The molecule has 0 saturated heterocycles. The summed E-state index contributed by atoms with van der Waals surface area (Å²) in [6, 6.07) is 26.5. The maximum absolute atomic E-state index is 4.60. The Morgan fingerprint density at radius 1 is 0.805 bits per heavy atom. The van der Waals surface area contributed by atoms with Crippen LogP contribution in [0.1, 0.15) is 48.9 Å². The van der Waals surface area contributed by atoms with Gasteiger partial charge in [-0.05, 0) is 87.1 Å². The third-order valence-electron chi connectivity index (χ3n) is 8.37. The molecule has 202 valence electrons. The molecule has 0 bridgehead atoms. The first-order valence-corrected chi connectivity index (χ1v) is 14.4. The van der Waals surface area contributed by atoms with Gasteiger partial charge in [0.2, 0.25) is 0 Å². The van der Waals surface area contributed by atoms with Crippen LogP contribution in [0.4, 0.5) is 0 Å². The fourth-order valence-electron chi connectivity index (χ4n) is 6.35. The standard InChI is InChI=1S/C41H38/c1-6-9-12-17-32(8-3)34-24-23-30(4)36-26-25-35(33-18-13-11-14-19-33)29-40(36)41(28-27-34)38(21-10-7-2)31(5)37-20-15-16-22-39(37)41/h6-7,9-27,29H,1-2,4,8,28H2,3,5H3/b12-9-,21-10-,24-23-,32-17+,34-27+. The van der Waals surface area contributed by atoms with E-state index in [1.54, 1.807) is 0 Å². The van der Waals surface area contributed by atoms with Crippen molar-refractivity contribution in [3.05, 3.63) is 192 Å². The van der Waals surface area contributed by atoms with Gasteiger partial charge in [0.1, 0.15) is 0 Å². The van der Waals surface area contributed by atoms with Crippen molar-refractivity contribution in [2.45, 2.75) is 32.1 Å². The van der Waals surface area contributed by atoms with Gasteiger partial charge < -0.3 is 0 Å². The topological polar surface area (TPSA) is 0 Å². The van der Waals surface area contributed by atoms with Crippen LogP contribution in [0.5, 0.6) is 0 Å². The van der Waals surface area contributed by atoms with Crippen LogP contribution in [-0.4, -0.2) is 0 Å². The Balaban J connectivity index is 1.86. The van der Waals surface area contributed by atoms with Crippen molar-refractivity contribution < 1.29 is 0 Å². The van der Waals surface area contributed by atoms with Gasteiger partial charge in [-0.25, -0.2) is 0 Å². The molecule has 0 fully saturated rings. The van der Waals surface area contributed by atoms with Gasteiger partial charge in [-0.3, -0.25) is 0 Å². The first-order chi connectivity index (χ1) is 20.0. The van der Waals surface area contributed by atoms with Gasteiger partial charge in [0.15, 0.2) is 0 Å². The van der Waals surface area contributed by atoms with Gasteiger partial charge in [-0.1, -0.05) is 154 Å². The van der Waals surface area contributed by atoms with Gasteiger partial charge >= 0.3 is 0 Å². The monoisotopic (exact) mass is 530 g/mol. The van der Waals surface area contributed by atoms with Crippen molar-refractivity contribution in [2.75, 3.05) is 0 Å². The summed E-state index contributed by atoms with van der Waals surface area (Å²) in [7, 11) is 0. The third kappa shape index (κ3) is 5.14. The molecule has 3 aromatic carbocycles. The van der Waals surface area contributed by atoms with E-state index in [1.807, 2.05) is 18.2 Å². The van der Waals surface area contributed by atoms with Crippen molar-refractivity contribution in [3.63, 3.8) is 0 Å². The second kappa shape index (κ2) is 12.2. The maximum atomic E-state index is 4.60. The van der Waals surface area contributed by atoms with E-state index in [9.17, 15) is 0 Å². The highest BCUT2D eigenvalue weighted by molar-refractivity contribution is 5.88. The molecular formula is C41H38. The molecule has 0 heteroatoms. The minimum atomic E-state index is -0.393. The number of hydrogen-bond donors (Lipinski definition) is 0. The lowest BCUT2D eigenvalue weighted by Gasteiger charge is -2.35. The molecule has 1 atom stereocenters. The second-order valence-electron chi connectivity index (χ2n) is 10.6. The molecule has 5 rings (SSSR count). The quantitative estimate of drug-likeness (QED) is 0.266. The second-order valence-corrected chi connectivity index (χ2v) is 10.6. The molecule has 41 heavy (non-hydrogen) atoms. The number of hydrogen-bond acceptors (Lipinski definition) is 0. The van der Waals surface area contributed by atoms with Crippen molar-refractivity contribution in [1.29, 1.82) is 0 Å². The summed E-state index contributed by atoms with van der Waals surface area (Å²) in [5.41, 5.74) is 13.3. The van der Waals surface area contributed by atoms with Gasteiger partial charge in [0.05, 0.1) is 5.41 Å². The molecule has 0 N–H and O–H groups in total. The zero-order valence-corrected chi connectivity index (χ0v) is 24.2. The van der Waals surface area contributed by atoms with E-state index in [0.717, 1.165) is 18.4 Å². The fraction of sp³-hybridized carbons (Fsp3) is 0.122. The Labute approximate surface area is 246 Å². The van der Waals surface area contributed by atoms with Crippen LogP contribution in [0.3, 0.4) is 0 Å². The summed E-state index contributed by atoms with van der Waals surface area (Å²) in [5.74, 6) is 0. The Kier molecular flexibility index (Phi) is 8.31. The number of benzene rings is 3. The van der Waals surface area contributed by atoms with Crippen LogP contribution in [0.15, 0.2) is 170 Å². The largest absolute Gasteiger partial charge is 0.0991 e. The van der Waals surface area contributed by atoms with E-state index in [4.69, 9.17) is 0 Å². The van der Waals surface area contributed by atoms with Gasteiger partial charge in [-0.2, -0.15) is 0 Å². The van der Waals surface area contributed by atoms with E-state index in [0.29, 0.717) is 0 Å². The summed E-state index contributed by atoms with van der Waals surface area (Å²) in [6.45, 7) is 16.9. The van der Waals surface area contributed by atoms with E-state index in [2.05, 4.69) is 149 Å². The van der Waals surface area contributed by atoms with Crippen LogP contribution < -0.4 is 0 Å². The first-order valence-electron chi connectivity index (χ1n) is 14.4. The molecule has 0 aromatic heterocycles. The van der Waals surface area contributed by atoms with Crippen molar-refractivity contribution in [2.24, 2.45) is 0 Å².